The van der Waals surface area contributed by atoms with Crippen LogP contribution < -0.4 is 5.73 Å². The maximum atomic E-state index is 12.3. The molecule has 1 amide bonds. The van der Waals surface area contributed by atoms with E-state index >= 15 is 0 Å². The molecule has 1 heterocycles. The van der Waals surface area contributed by atoms with E-state index in [1.54, 1.807) is 18.0 Å². The van der Waals surface area contributed by atoms with E-state index in [9.17, 15) is 9.90 Å². The van der Waals surface area contributed by atoms with E-state index in [1.165, 1.54) is 12.1 Å². The van der Waals surface area contributed by atoms with Gasteiger partial charge in [-0.25, -0.2) is 0 Å². The molecule has 1 aromatic carbocycles. The van der Waals surface area contributed by atoms with Crippen molar-refractivity contribution in [3.05, 3.63) is 23.8 Å². The van der Waals surface area contributed by atoms with Crippen LogP contribution in [0.25, 0.3) is 0 Å². The SMILES string of the molecule is CN1CCC(CN(C)C(=O)c2cc(O)ccc2N)C1. The van der Waals surface area contributed by atoms with E-state index in [0.29, 0.717) is 17.2 Å². The lowest BCUT2D eigenvalue weighted by molar-refractivity contribution is 0.0774. The summed E-state index contributed by atoms with van der Waals surface area (Å²) in [4.78, 5) is 16.3. The molecule has 0 aromatic heterocycles. The van der Waals surface area contributed by atoms with Crippen molar-refractivity contribution in [1.82, 2.24) is 9.80 Å². The molecule has 2 rings (SSSR count). The highest BCUT2D eigenvalue weighted by molar-refractivity contribution is 5.99. The van der Waals surface area contributed by atoms with E-state index in [0.717, 1.165) is 26.1 Å². The lowest BCUT2D eigenvalue weighted by Gasteiger charge is -2.22. The van der Waals surface area contributed by atoms with Crippen molar-refractivity contribution in [2.24, 2.45) is 5.92 Å². The van der Waals surface area contributed by atoms with Gasteiger partial charge in [-0.2, -0.15) is 0 Å². The summed E-state index contributed by atoms with van der Waals surface area (Å²) in [6.07, 6.45) is 1.11. The molecule has 1 aliphatic rings. The summed E-state index contributed by atoms with van der Waals surface area (Å²) in [5.74, 6) is 0.437. The molecule has 5 nitrogen and oxygen atoms in total. The van der Waals surface area contributed by atoms with Crippen molar-refractivity contribution < 1.29 is 9.90 Å². The molecule has 0 spiro atoms. The average molecular weight is 263 g/mol. The Morgan fingerprint density at radius 3 is 2.95 bits per heavy atom. The Bertz CT molecular complexity index is 476. The topological polar surface area (TPSA) is 69.8 Å². The first-order chi connectivity index (χ1) is 8.97. The van der Waals surface area contributed by atoms with E-state index in [1.807, 2.05) is 0 Å². The maximum Gasteiger partial charge on any atom is 0.255 e. The lowest BCUT2D eigenvalue weighted by Crippen LogP contribution is -2.33. The van der Waals surface area contributed by atoms with Crippen LogP contribution >= 0.6 is 0 Å². The Kier molecular flexibility index (Phi) is 3.95. The highest BCUT2D eigenvalue weighted by atomic mass is 16.3. The molecule has 0 aliphatic carbocycles. The fourth-order valence-corrected chi connectivity index (χ4v) is 2.58. The van der Waals surface area contributed by atoms with Crippen LogP contribution in [-0.4, -0.2) is 54.5 Å². The number of nitrogens with two attached hydrogens (primary N) is 1. The van der Waals surface area contributed by atoms with E-state index < -0.39 is 0 Å². The van der Waals surface area contributed by atoms with Crippen LogP contribution in [0.1, 0.15) is 16.8 Å². The van der Waals surface area contributed by atoms with Gasteiger partial charge >= 0.3 is 0 Å². The van der Waals surface area contributed by atoms with Crippen molar-refractivity contribution >= 4 is 11.6 Å². The normalized spacial score (nSPS) is 19.6. The van der Waals surface area contributed by atoms with Crippen LogP contribution in [0.3, 0.4) is 0 Å². The molecule has 19 heavy (non-hydrogen) atoms. The molecule has 1 saturated heterocycles. The lowest BCUT2D eigenvalue weighted by atomic mass is 10.1. The van der Waals surface area contributed by atoms with E-state index in [4.69, 9.17) is 5.73 Å². The molecule has 1 aromatic rings. The molecule has 0 saturated carbocycles. The number of amides is 1. The molecule has 1 aliphatic heterocycles. The predicted octanol–water partition coefficient (Wildman–Crippen LogP) is 0.998. The molecule has 0 bridgehead atoms. The van der Waals surface area contributed by atoms with Crippen LogP contribution in [0.4, 0.5) is 5.69 Å². The van der Waals surface area contributed by atoms with Gasteiger partial charge in [0.15, 0.2) is 0 Å². The second kappa shape index (κ2) is 5.48. The second-order valence-corrected chi connectivity index (χ2v) is 5.37. The molecular formula is C14H21N3O2. The quantitative estimate of drug-likeness (QED) is 0.630. The van der Waals surface area contributed by atoms with Crippen molar-refractivity contribution in [2.75, 3.05) is 39.5 Å². The fourth-order valence-electron chi connectivity index (χ4n) is 2.58. The number of carbonyl (C=O) groups excluding carboxylic acids is 1. The third-order valence-electron chi connectivity index (χ3n) is 3.63. The maximum absolute atomic E-state index is 12.3. The number of hydrogen-bond donors (Lipinski definition) is 2. The first kappa shape index (κ1) is 13.7. The number of likely N-dealkylation sites (tertiary alicyclic amines) is 1. The van der Waals surface area contributed by atoms with Gasteiger partial charge in [0.1, 0.15) is 5.75 Å². The number of nitrogens with zero attached hydrogens (tertiary/aromatic N) is 2. The average Bonchev–Trinajstić information content (AvgIpc) is 2.77. The molecule has 5 heteroatoms. The van der Waals surface area contributed by atoms with Gasteiger partial charge < -0.3 is 20.6 Å². The van der Waals surface area contributed by atoms with Crippen LogP contribution in [-0.2, 0) is 0 Å². The molecule has 104 valence electrons. The molecule has 0 radical (unpaired) electrons. The Morgan fingerprint density at radius 2 is 2.32 bits per heavy atom. The van der Waals surface area contributed by atoms with E-state index in [-0.39, 0.29) is 11.7 Å². The summed E-state index contributed by atoms with van der Waals surface area (Å²) in [5.41, 5.74) is 6.56. The molecular weight excluding hydrogens is 242 g/mol. The Hall–Kier alpha value is -1.75. The van der Waals surface area contributed by atoms with Gasteiger partial charge in [0.25, 0.3) is 5.91 Å². The van der Waals surface area contributed by atoms with Gasteiger partial charge in [-0.1, -0.05) is 0 Å². The number of phenols is 1. The minimum atomic E-state index is -0.136. The van der Waals surface area contributed by atoms with Crippen LogP contribution in [0.15, 0.2) is 18.2 Å². The van der Waals surface area contributed by atoms with Gasteiger partial charge in [-0.3, -0.25) is 4.79 Å². The minimum absolute atomic E-state index is 0.0616. The first-order valence-electron chi connectivity index (χ1n) is 6.50. The first-order valence-corrected chi connectivity index (χ1v) is 6.50. The number of rotatable bonds is 3. The predicted molar refractivity (Wildman–Crippen MR) is 75.1 cm³/mol. The second-order valence-electron chi connectivity index (χ2n) is 5.37. The molecule has 1 fully saturated rings. The number of carbonyl (C=O) groups is 1. The van der Waals surface area contributed by atoms with Crippen molar-refractivity contribution in [3.63, 3.8) is 0 Å². The standard InChI is InChI=1S/C14H21N3O2/c1-16-6-5-10(8-16)9-17(2)14(19)12-7-11(18)3-4-13(12)15/h3-4,7,10,18H,5-6,8-9,15H2,1-2H3. The minimum Gasteiger partial charge on any atom is -0.508 e. The number of aromatic hydroxyl groups is 1. The summed E-state index contributed by atoms with van der Waals surface area (Å²) in [6.45, 7) is 2.83. The summed E-state index contributed by atoms with van der Waals surface area (Å²) in [5, 5.41) is 9.45. The van der Waals surface area contributed by atoms with Crippen LogP contribution in [0.2, 0.25) is 0 Å². The van der Waals surface area contributed by atoms with Gasteiger partial charge in [-0.15, -0.1) is 0 Å². The highest BCUT2D eigenvalue weighted by Gasteiger charge is 2.23. The summed E-state index contributed by atoms with van der Waals surface area (Å²) >= 11 is 0. The fraction of sp³-hybridized carbons (Fsp3) is 0.500. The Labute approximate surface area is 113 Å². The highest BCUT2D eigenvalue weighted by Crippen LogP contribution is 2.21. The number of nitrogen functional groups attached to an aromatic ring is 1. The van der Waals surface area contributed by atoms with Crippen molar-refractivity contribution in [2.45, 2.75) is 6.42 Å². The third kappa shape index (κ3) is 3.17. The van der Waals surface area contributed by atoms with Gasteiger partial charge in [0.2, 0.25) is 0 Å². The zero-order valence-corrected chi connectivity index (χ0v) is 11.5. The zero-order chi connectivity index (χ0) is 14.0. The molecule has 3 N–H and O–H groups in total. The van der Waals surface area contributed by atoms with Crippen molar-refractivity contribution in [1.29, 1.82) is 0 Å². The number of anilines is 1. The third-order valence-corrected chi connectivity index (χ3v) is 3.63. The number of hydrogen-bond acceptors (Lipinski definition) is 4. The smallest absolute Gasteiger partial charge is 0.255 e. The van der Waals surface area contributed by atoms with Crippen LogP contribution in [0.5, 0.6) is 5.75 Å². The largest absolute Gasteiger partial charge is 0.508 e. The Morgan fingerprint density at radius 1 is 1.58 bits per heavy atom. The van der Waals surface area contributed by atoms with Gasteiger partial charge in [-0.05, 0) is 44.1 Å². The summed E-state index contributed by atoms with van der Waals surface area (Å²) < 4.78 is 0. The Balaban J connectivity index is 2.04. The van der Waals surface area contributed by atoms with Gasteiger partial charge in [0, 0.05) is 25.8 Å². The number of phenolic OH excluding ortho intramolecular Hbond substituents is 1. The van der Waals surface area contributed by atoms with Crippen molar-refractivity contribution in [3.8, 4) is 5.75 Å². The number of benzene rings is 1. The summed E-state index contributed by atoms with van der Waals surface area (Å²) in [7, 11) is 3.87. The zero-order valence-electron chi connectivity index (χ0n) is 11.5. The molecule has 1 unspecified atom stereocenters. The monoisotopic (exact) mass is 263 g/mol. The molecule has 1 atom stereocenters. The summed E-state index contributed by atoms with van der Waals surface area (Å²) in [6, 6.07) is 4.47. The van der Waals surface area contributed by atoms with Crippen LogP contribution in [0, 0.1) is 5.92 Å². The van der Waals surface area contributed by atoms with E-state index in [2.05, 4.69) is 11.9 Å². The van der Waals surface area contributed by atoms with Gasteiger partial charge in [0.05, 0.1) is 5.56 Å².